The number of rotatable bonds is 3. The number of aromatic carboxylic acids is 1. The molecule has 3 rings (SSSR count). The van der Waals surface area contributed by atoms with E-state index in [0.717, 1.165) is 11.8 Å². The van der Waals surface area contributed by atoms with Crippen molar-refractivity contribution in [2.45, 2.75) is 0 Å². The molecule has 0 radical (unpaired) electrons. The molecule has 24 heavy (non-hydrogen) atoms. The predicted octanol–water partition coefficient (Wildman–Crippen LogP) is 3.93. The lowest BCUT2D eigenvalue weighted by atomic mass is 10.2. The number of carboxylic acids is 1. The molecule has 0 unspecified atom stereocenters. The number of carbonyl (C=O) groups is 2. The quantitative estimate of drug-likeness (QED) is 0.665. The number of benzene rings is 2. The molecule has 2 aromatic carbocycles. The molecule has 2 aromatic rings. The Morgan fingerprint density at radius 1 is 1.12 bits per heavy atom. The smallest absolute Gasteiger partial charge is 0.335 e. The average molecular weight is 359 g/mol. The van der Waals surface area contributed by atoms with Crippen LogP contribution < -0.4 is 4.90 Å². The van der Waals surface area contributed by atoms with E-state index in [1.54, 1.807) is 18.2 Å². The van der Waals surface area contributed by atoms with E-state index in [9.17, 15) is 14.0 Å². The second kappa shape index (κ2) is 6.54. The fourth-order valence-electron chi connectivity index (χ4n) is 2.15. The van der Waals surface area contributed by atoms with Gasteiger partial charge in [-0.15, -0.1) is 0 Å². The van der Waals surface area contributed by atoms with Gasteiger partial charge in [0.05, 0.1) is 16.2 Å². The van der Waals surface area contributed by atoms with Gasteiger partial charge in [-0.3, -0.25) is 9.69 Å². The van der Waals surface area contributed by atoms with Gasteiger partial charge in [-0.05, 0) is 48.0 Å². The Kier molecular flexibility index (Phi) is 4.46. The first-order chi connectivity index (χ1) is 11.5. The molecule has 0 saturated carbocycles. The fourth-order valence-corrected chi connectivity index (χ4v) is 3.45. The molecule has 0 aromatic heterocycles. The SMILES string of the molecule is O=C(O)c1ccc(N2C(=O)/C(=C\c3ccc(F)cc3)SC2=S)cc1. The lowest BCUT2D eigenvalue weighted by Crippen LogP contribution is -2.27. The van der Waals surface area contributed by atoms with Crippen molar-refractivity contribution in [3.05, 3.63) is 70.4 Å². The molecule has 4 nitrogen and oxygen atoms in total. The van der Waals surface area contributed by atoms with E-state index in [1.807, 2.05) is 0 Å². The molecular weight excluding hydrogens is 349 g/mol. The fraction of sp³-hybridized carbons (Fsp3) is 0. The zero-order valence-electron chi connectivity index (χ0n) is 12.1. The van der Waals surface area contributed by atoms with Crippen LogP contribution in [0.3, 0.4) is 0 Å². The Balaban J connectivity index is 1.88. The van der Waals surface area contributed by atoms with Gasteiger partial charge in [0, 0.05) is 0 Å². The summed E-state index contributed by atoms with van der Waals surface area (Å²) >= 11 is 6.39. The third kappa shape index (κ3) is 3.22. The van der Waals surface area contributed by atoms with E-state index < -0.39 is 5.97 Å². The number of hydrogen-bond donors (Lipinski definition) is 1. The van der Waals surface area contributed by atoms with E-state index in [4.69, 9.17) is 17.3 Å². The van der Waals surface area contributed by atoms with Crippen LogP contribution in [-0.4, -0.2) is 21.3 Å². The molecular formula is C17H10FNO3S2. The van der Waals surface area contributed by atoms with Crippen molar-refractivity contribution in [2.24, 2.45) is 0 Å². The molecule has 0 spiro atoms. The first kappa shape index (κ1) is 16.4. The van der Waals surface area contributed by atoms with Crippen LogP contribution in [0.4, 0.5) is 10.1 Å². The summed E-state index contributed by atoms with van der Waals surface area (Å²) in [6.07, 6.45) is 1.64. The van der Waals surface area contributed by atoms with E-state index >= 15 is 0 Å². The first-order valence-corrected chi connectivity index (χ1v) is 8.05. The van der Waals surface area contributed by atoms with Gasteiger partial charge < -0.3 is 5.11 Å². The molecule has 1 N–H and O–H groups in total. The number of amides is 1. The summed E-state index contributed by atoms with van der Waals surface area (Å²) < 4.78 is 13.3. The second-order valence-corrected chi connectivity index (χ2v) is 6.60. The minimum Gasteiger partial charge on any atom is -0.478 e. The molecule has 0 bridgehead atoms. The number of carboxylic acid groups (broad SMARTS) is 1. The van der Waals surface area contributed by atoms with E-state index in [-0.39, 0.29) is 17.3 Å². The van der Waals surface area contributed by atoms with Gasteiger partial charge in [0.2, 0.25) is 0 Å². The summed E-state index contributed by atoms with van der Waals surface area (Å²) in [5, 5.41) is 8.92. The summed E-state index contributed by atoms with van der Waals surface area (Å²) in [4.78, 5) is 25.2. The molecule has 1 aliphatic heterocycles. The third-order valence-corrected chi connectivity index (χ3v) is 4.64. The molecule has 1 heterocycles. The Hall–Kier alpha value is -2.51. The topological polar surface area (TPSA) is 57.6 Å². The maximum atomic E-state index is 12.9. The summed E-state index contributed by atoms with van der Waals surface area (Å²) in [6, 6.07) is 11.7. The van der Waals surface area contributed by atoms with Crippen LogP contribution in [-0.2, 0) is 4.79 Å². The lowest BCUT2D eigenvalue weighted by molar-refractivity contribution is -0.113. The van der Waals surface area contributed by atoms with Gasteiger partial charge in [-0.25, -0.2) is 9.18 Å². The highest BCUT2D eigenvalue weighted by Gasteiger charge is 2.33. The maximum Gasteiger partial charge on any atom is 0.335 e. The van der Waals surface area contributed by atoms with E-state index in [0.29, 0.717) is 20.5 Å². The molecule has 1 fully saturated rings. The lowest BCUT2D eigenvalue weighted by Gasteiger charge is -2.14. The highest BCUT2D eigenvalue weighted by atomic mass is 32.2. The Morgan fingerprint density at radius 2 is 1.75 bits per heavy atom. The minimum atomic E-state index is -1.04. The summed E-state index contributed by atoms with van der Waals surface area (Å²) in [5.41, 5.74) is 1.33. The van der Waals surface area contributed by atoms with Gasteiger partial charge >= 0.3 is 5.97 Å². The predicted molar refractivity (Wildman–Crippen MR) is 95.5 cm³/mol. The van der Waals surface area contributed by atoms with Crippen LogP contribution in [0.2, 0.25) is 0 Å². The zero-order chi connectivity index (χ0) is 17.3. The van der Waals surface area contributed by atoms with Gasteiger partial charge in [0.25, 0.3) is 5.91 Å². The number of anilines is 1. The number of thiocarbonyl (C=S) groups is 1. The van der Waals surface area contributed by atoms with Gasteiger partial charge in [0.15, 0.2) is 4.32 Å². The van der Waals surface area contributed by atoms with Crippen LogP contribution >= 0.6 is 24.0 Å². The number of halogens is 1. The molecule has 1 aliphatic rings. The molecule has 0 atom stereocenters. The van der Waals surface area contributed by atoms with Crippen LogP contribution in [0.5, 0.6) is 0 Å². The number of thioether (sulfide) groups is 1. The van der Waals surface area contributed by atoms with E-state index in [2.05, 4.69) is 0 Å². The van der Waals surface area contributed by atoms with Crippen molar-refractivity contribution in [1.82, 2.24) is 0 Å². The Bertz CT molecular complexity index is 860. The highest BCUT2D eigenvalue weighted by molar-refractivity contribution is 8.27. The van der Waals surface area contributed by atoms with Gasteiger partial charge in [-0.2, -0.15) is 0 Å². The van der Waals surface area contributed by atoms with Crippen LogP contribution in [0.25, 0.3) is 6.08 Å². The standard InChI is InChI=1S/C17H10FNO3S2/c18-12-5-1-10(2-6-12)9-14-15(20)19(17(23)24-14)13-7-3-11(4-8-13)16(21)22/h1-9H,(H,21,22)/b14-9+. The zero-order valence-corrected chi connectivity index (χ0v) is 13.7. The summed E-state index contributed by atoms with van der Waals surface area (Å²) in [5.74, 6) is -1.68. The third-order valence-electron chi connectivity index (χ3n) is 3.33. The highest BCUT2D eigenvalue weighted by Crippen LogP contribution is 2.36. The van der Waals surface area contributed by atoms with Crippen molar-refractivity contribution in [2.75, 3.05) is 4.90 Å². The Morgan fingerprint density at radius 3 is 2.33 bits per heavy atom. The van der Waals surface area contributed by atoms with Crippen molar-refractivity contribution in [3.63, 3.8) is 0 Å². The van der Waals surface area contributed by atoms with E-state index in [1.165, 1.54) is 41.3 Å². The number of hydrogen-bond acceptors (Lipinski definition) is 4. The largest absolute Gasteiger partial charge is 0.478 e. The molecule has 7 heteroatoms. The summed E-state index contributed by atoms with van der Waals surface area (Å²) in [7, 11) is 0. The minimum absolute atomic E-state index is 0.131. The van der Waals surface area contributed by atoms with Crippen molar-refractivity contribution in [3.8, 4) is 0 Å². The summed E-state index contributed by atoms with van der Waals surface area (Å²) in [6.45, 7) is 0. The second-order valence-electron chi connectivity index (χ2n) is 4.92. The van der Waals surface area contributed by atoms with Crippen molar-refractivity contribution >= 4 is 51.9 Å². The number of carbonyl (C=O) groups excluding carboxylic acids is 1. The van der Waals surface area contributed by atoms with Gasteiger partial charge in [0.1, 0.15) is 5.82 Å². The number of nitrogens with zero attached hydrogens (tertiary/aromatic N) is 1. The van der Waals surface area contributed by atoms with Gasteiger partial charge in [-0.1, -0.05) is 36.1 Å². The van der Waals surface area contributed by atoms with Crippen LogP contribution in [0.15, 0.2) is 53.4 Å². The monoisotopic (exact) mass is 359 g/mol. The normalized spacial score (nSPS) is 16.0. The van der Waals surface area contributed by atoms with Crippen molar-refractivity contribution < 1.29 is 19.1 Å². The molecule has 1 amide bonds. The molecule has 120 valence electrons. The van der Waals surface area contributed by atoms with Crippen LogP contribution in [0, 0.1) is 5.82 Å². The first-order valence-electron chi connectivity index (χ1n) is 6.82. The molecule has 1 saturated heterocycles. The Labute approximate surface area is 146 Å². The van der Waals surface area contributed by atoms with Crippen molar-refractivity contribution in [1.29, 1.82) is 0 Å². The average Bonchev–Trinajstić information content (AvgIpc) is 2.83. The molecule has 0 aliphatic carbocycles. The maximum absolute atomic E-state index is 12.9. The van der Waals surface area contributed by atoms with Crippen LogP contribution in [0.1, 0.15) is 15.9 Å².